The molecule has 8 heteroatoms. The van der Waals surface area contributed by atoms with Crippen molar-refractivity contribution in [3.63, 3.8) is 0 Å². The number of nitrogens with zero attached hydrogens (tertiary/aromatic N) is 2. The van der Waals surface area contributed by atoms with E-state index in [9.17, 15) is 9.59 Å². The molecule has 0 bridgehead atoms. The van der Waals surface area contributed by atoms with Crippen molar-refractivity contribution >= 4 is 34.8 Å². The summed E-state index contributed by atoms with van der Waals surface area (Å²) in [6.45, 7) is 5.38. The minimum absolute atomic E-state index is 0.0210. The van der Waals surface area contributed by atoms with Crippen LogP contribution >= 0.6 is 22.9 Å². The average molecular weight is 436 g/mol. The summed E-state index contributed by atoms with van der Waals surface area (Å²) in [4.78, 5) is 31.9. The van der Waals surface area contributed by atoms with Gasteiger partial charge < -0.3 is 15.0 Å². The molecule has 1 aromatic heterocycles. The summed E-state index contributed by atoms with van der Waals surface area (Å²) in [7, 11) is 0. The summed E-state index contributed by atoms with van der Waals surface area (Å²) in [6.07, 6.45) is 3.13. The van der Waals surface area contributed by atoms with Crippen LogP contribution in [0.25, 0.3) is 0 Å². The first-order valence-electron chi connectivity index (χ1n) is 9.89. The van der Waals surface area contributed by atoms with Gasteiger partial charge in [0, 0.05) is 30.6 Å². The Morgan fingerprint density at radius 3 is 2.83 bits per heavy atom. The first-order chi connectivity index (χ1) is 14.0. The van der Waals surface area contributed by atoms with Gasteiger partial charge >= 0.3 is 0 Å². The molecule has 1 N–H and O–H groups in total. The van der Waals surface area contributed by atoms with Crippen LogP contribution in [-0.2, 0) is 11.4 Å². The van der Waals surface area contributed by atoms with Crippen LogP contribution < -0.4 is 10.1 Å². The molecule has 0 aliphatic carbocycles. The van der Waals surface area contributed by atoms with Crippen LogP contribution in [0.15, 0.2) is 24.3 Å². The third kappa shape index (κ3) is 5.93. The number of likely N-dealkylation sites (tertiary alicyclic amines) is 1. The third-order valence-electron chi connectivity index (χ3n) is 4.76. The SMILES string of the molecule is CCCC(=O)NC1CCCN(C(=O)c2sc(COc3ccc(Cl)cc3)nc2C)C1. The van der Waals surface area contributed by atoms with E-state index in [-0.39, 0.29) is 17.9 Å². The number of aryl methyl sites for hydroxylation is 1. The third-order valence-corrected chi connectivity index (χ3v) is 6.13. The molecule has 2 aromatic rings. The van der Waals surface area contributed by atoms with Crippen LogP contribution in [0.4, 0.5) is 0 Å². The fourth-order valence-electron chi connectivity index (χ4n) is 3.34. The van der Waals surface area contributed by atoms with Gasteiger partial charge in [-0.2, -0.15) is 0 Å². The minimum Gasteiger partial charge on any atom is -0.486 e. The number of amides is 2. The van der Waals surface area contributed by atoms with E-state index in [1.54, 1.807) is 24.3 Å². The van der Waals surface area contributed by atoms with Crippen molar-refractivity contribution in [3.8, 4) is 5.75 Å². The topological polar surface area (TPSA) is 71.5 Å². The molecule has 2 amide bonds. The first-order valence-corrected chi connectivity index (χ1v) is 11.1. The molecule has 1 saturated heterocycles. The second-order valence-electron chi connectivity index (χ2n) is 7.17. The highest BCUT2D eigenvalue weighted by Crippen LogP contribution is 2.24. The van der Waals surface area contributed by atoms with Gasteiger partial charge in [0.1, 0.15) is 22.2 Å². The molecular formula is C21H26ClN3O3S. The second kappa shape index (κ2) is 10.1. The lowest BCUT2D eigenvalue weighted by Crippen LogP contribution is -2.49. The molecule has 0 spiro atoms. The molecule has 2 heterocycles. The molecule has 0 radical (unpaired) electrons. The number of thiazole rings is 1. The second-order valence-corrected chi connectivity index (χ2v) is 8.69. The van der Waals surface area contributed by atoms with Gasteiger partial charge in [-0.05, 0) is 50.5 Å². The van der Waals surface area contributed by atoms with E-state index in [2.05, 4.69) is 10.3 Å². The number of benzene rings is 1. The van der Waals surface area contributed by atoms with Gasteiger partial charge in [-0.15, -0.1) is 11.3 Å². The van der Waals surface area contributed by atoms with E-state index < -0.39 is 0 Å². The Kier molecular flexibility index (Phi) is 7.50. The highest BCUT2D eigenvalue weighted by Gasteiger charge is 2.27. The van der Waals surface area contributed by atoms with Crippen molar-refractivity contribution in [3.05, 3.63) is 44.9 Å². The fraction of sp³-hybridized carbons (Fsp3) is 0.476. The molecular weight excluding hydrogens is 410 g/mol. The van der Waals surface area contributed by atoms with Gasteiger partial charge in [-0.1, -0.05) is 18.5 Å². The summed E-state index contributed by atoms with van der Waals surface area (Å²) in [6, 6.07) is 7.16. The molecule has 1 fully saturated rings. The molecule has 1 aliphatic rings. The molecule has 0 saturated carbocycles. The van der Waals surface area contributed by atoms with E-state index in [0.29, 0.717) is 47.5 Å². The maximum absolute atomic E-state index is 13.0. The van der Waals surface area contributed by atoms with Crippen molar-refractivity contribution in [1.82, 2.24) is 15.2 Å². The van der Waals surface area contributed by atoms with Gasteiger partial charge in [0.05, 0.1) is 5.69 Å². The van der Waals surface area contributed by atoms with Crippen molar-refractivity contribution < 1.29 is 14.3 Å². The Morgan fingerprint density at radius 1 is 1.34 bits per heavy atom. The number of ether oxygens (including phenoxy) is 1. The van der Waals surface area contributed by atoms with Crippen LogP contribution in [0.5, 0.6) is 5.75 Å². The Bertz CT molecular complexity index is 853. The maximum atomic E-state index is 13.0. The van der Waals surface area contributed by atoms with Crippen LogP contribution in [0.3, 0.4) is 0 Å². The quantitative estimate of drug-likeness (QED) is 0.707. The predicted molar refractivity (Wildman–Crippen MR) is 115 cm³/mol. The highest BCUT2D eigenvalue weighted by atomic mass is 35.5. The van der Waals surface area contributed by atoms with Crippen molar-refractivity contribution in [2.75, 3.05) is 13.1 Å². The van der Waals surface area contributed by atoms with Gasteiger partial charge in [-0.3, -0.25) is 9.59 Å². The molecule has 6 nitrogen and oxygen atoms in total. The predicted octanol–water partition coefficient (Wildman–Crippen LogP) is 4.20. The Hall–Kier alpha value is -2.12. The van der Waals surface area contributed by atoms with Gasteiger partial charge in [0.2, 0.25) is 5.91 Å². The number of nitrogens with one attached hydrogen (secondary N) is 1. The summed E-state index contributed by atoms with van der Waals surface area (Å²) in [5, 5.41) is 4.45. The van der Waals surface area contributed by atoms with E-state index in [4.69, 9.17) is 16.3 Å². The standard InChI is InChI=1S/C21H26ClN3O3S/c1-3-5-18(26)24-16-6-4-11-25(12-16)21(27)20-14(2)23-19(29-20)13-28-17-9-7-15(22)8-10-17/h7-10,16H,3-6,11-13H2,1-2H3,(H,24,26). The van der Waals surface area contributed by atoms with Gasteiger partial charge in [-0.25, -0.2) is 4.98 Å². The normalized spacial score (nSPS) is 16.5. The summed E-state index contributed by atoms with van der Waals surface area (Å²) >= 11 is 7.25. The molecule has 1 atom stereocenters. The molecule has 1 aromatic carbocycles. The average Bonchev–Trinajstić information content (AvgIpc) is 3.08. The monoisotopic (exact) mass is 435 g/mol. The summed E-state index contributed by atoms with van der Waals surface area (Å²) in [5.41, 5.74) is 0.715. The maximum Gasteiger partial charge on any atom is 0.265 e. The zero-order valence-corrected chi connectivity index (χ0v) is 18.3. The number of rotatable bonds is 7. The van der Waals surface area contributed by atoms with Crippen molar-refractivity contribution in [2.45, 2.75) is 52.2 Å². The number of hydrogen-bond acceptors (Lipinski definition) is 5. The van der Waals surface area contributed by atoms with E-state index in [0.717, 1.165) is 24.3 Å². The number of hydrogen-bond donors (Lipinski definition) is 1. The molecule has 1 unspecified atom stereocenters. The highest BCUT2D eigenvalue weighted by molar-refractivity contribution is 7.13. The Labute approximate surface area is 180 Å². The summed E-state index contributed by atoms with van der Waals surface area (Å²) in [5.74, 6) is 0.742. The zero-order valence-electron chi connectivity index (χ0n) is 16.7. The van der Waals surface area contributed by atoms with Crippen LogP contribution in [0.2, 0.25) is 5.02 Å². The number of carbonyl (C=O) groups excluding carboxylic acids is 2. The van der Waals surface area contributed by atoms with E-state index in [1.165, 1.54) is 11.3 Å². The number of carbonyl (C=O) groups is 2. The lowest BCUT2D eigenvalue weighted by atomic mass is 10.0. The largest absolute Gasteiger partial charge is 0.486 e. The van der Waals surface area contributed by atoms with Crippen molar-refractivity contribution in [1.29, 1.82) is 0 Å². The van der Waals surface area contributed by atoms with Crippen molar-refractivity contribution in [2.24, 2.45) is 0 Å². The Morgan fingerprint density at radius 2 is 2.10 bits per heavy atom. The lowest BCUT2D eigenvalue weighted by molar-refractivity contribution is -0.122. The first kappa shape index (κ1) is 21.6. The van der Waals surface area contributed by atoms with Gasteiger partial charge in [0.25, 0.3) is 5.91 Å². The number of piperidine rings is 1. The molecule has 29 heavy (non-hydrogen) atoms. The number of aromatic nitrogens is 1. The number of halogens is 1. The molecule has 156 valence electrons. The Balaban J connectivity index is 1.60. The minimum atomic E-state index is -0.0211. The molecule has 1 aliphatic heterocycles. The zero-order chi connectivity index (χ0) is 20.8. The molecule has 3 rings (SSSR count). The van der Waals surface area contributed by atoms with Crippen LogP contribution in [0.1, 0.15) is 53.0 Å². The van der Waals surface area contributed by atoms with Crippen LogP contribution in [-0.4, -0.2) is 40.8 Å². The summed E-state index contributed by atoms with van der Waals surface area (Å²) < 4.78 is 5.74. The smallest absolute Gasteiger partial charge is 0.265 e. The fourth-order valence-corrected chi connectivity index (χ4v) is 4.41. The van der Waals surface area contributed by atoms with E-state index >= 15 is 0 Å². The van der Waals surface area contributed by atoms with Gasteiger partial charge in [0.15, 0.2) is 0 Å². The van der Waals surface area contributed by atoms with Crippen LogP contribution in [0, 0.1) is 6.92 Å². The lowest BCUT2D eigenvalue weighted by Gasteiger charge is -2.33. The van der Waals surface area contributed by atoms with E-state index in [1.807, 2.05) is 18.7 Å².